The zero-order chi connectivity index (χ0) is 20.4. The molecule has 2 unspecified atom stereocenters. The summed E-state index contributed by atoms with van der Waals surface area (Å²) in [6.45, 7) is 7.32. The van der Waals surface area contributed by atoms with E-state index < -0.39 is 0 Å². The molecule has 4 rings (SSSR count). The Kier molecular flexibility index (Phi) is 6.09. The van der Waals surface area contributed by atoms with Gasteiger partial charge in [0, 0.05) is 38.6 Å². The predicted octanol–water partition coefficient (Wildman–Crippen LogP) is 2.63. The van der Waals surface area contributed by atoms with Gasteiger partial charge in [-0.3, -0.25) is 19.4 Å². The van der Waals surface area contributed by atoms with E-state index in [0.717, 1.165) is 57.0 Å². The fraction of sp³-hybridized carbons (Fsp3) is 0.652. The van der Waals surface area contributed by atoms with Crippen LogP contribution in [0.2, 0.25) is 0 Å². The van der Waals surface area contributed by atoms with E-state index in [0.29, 0.717) is 12.5 Å². The Bertz CT molecular complexity index is 741. The van der Waals surface area contributed by atoms with Crippen LogP contribution < -0.4 is 9.64 Å². The van der Waals surface area contributed by atoms with Crippen LogP contribution in [0.15, 0.2) is 24.3 Å². The molecule has 29 heavy (non-hydrogen) atoms. The van der Waals surface area contributed by atoms with E-state index in [4.69, 9.17) is 4.74 Å². The van der Waals surface area contributed by atoms with Crippen LogP contribution in [0.1, 0.15) is 32.6 Å². The lowest BCUT2D eigenvalue weighted by molar-refractivity contribution is -0.140. The summed E-state index contributed by atoms with van der Waals surface area (Å²) in [4.78, 5) is 31.6. The van der Waals surface area contributed by atoms with E-state index in [1.54, 1.807) is 12.0 Å². The van der Waals surface area contributed by atoms with Gasteiger partial charge in [-0.25, -0.2) is 0 Å². The Labute approximate surface area is 173 Å². The summed E-state index contributed by atoms with van der Waals surface area (Å²) in [6.07, 6.45) is 4.22. The summed E-state index contributed by atoms with van der Waals surface area (Å²) in [5.41, 5.74) is 1.15. The molecular formula is C23H33N3O3. The molecule has 158 valence electrons. The molecule has 2 heterocycles. The van der Waals surface area contributed by atoms with Crippen LogP contribution in [0.5, 0.6) is 5.75 Å². The number of likely N-dealkylation sites (tertiary alicyclic amines) is 1. The second-order valence-corrected chi connectivity index (χ2v) is 8.76. The van der Waals surface area contributed by atoms with Crippen LogP contribution in [0, 0.1) is 17.8 Å². The van der Waals surface area contributed by atoms with Crippen LogP contribution in [-0.4, -0.2) is 68.0 Å². The van der Waals surface area contributed by atoms with Crippen LogP contribution in [0.4, 0.5) is 5.69 Å². The first-order valence-corrected chi connectivity index (χ1v) is 11.0. The van der Waals surface area contributed by atoms with Gasteiger partial charge in [0.25, 0.3) is 0 Å². The van der Waals surface area contributed by atoms with Crippen molar-refractivity contribution in [3.63, 3.8) is 0 Å². The number of ether oxygens (including phenoxy) is 1. The molecule has 2 saturated heterocycles. The lowest BCUT2D eigenvalue weighted by Crippen LogP contribution is -2.47. The molecule has 2 amide bonds. The smallest absolute Gasteiger partial charge is 0.233 e. The predicted molar refractivity (Wildman–Crippen MR) is 113 cm³/mol. The molecule has 0 radical (unpaired) electrons. The Balaban J connectivity index is 1.23. The number of rotatable bonds is 8. The summed E-state index contributed by atoms with van der Waals surface area (Å²) in [7, 11) is 1.71. The third kappa shape index (κ3) is 4.42. The molecule has 2 aliphatic heterocycles. The fourth-order valence-electron chi connectivity index (χ4n) is 4.73. The minimum atomic E-state index is -0.132. The summed E-state index contributed by atoms with van der Waals surface area (Å²) < 4.78 is 5.49. The zero-order valence-electron chi connectivity index (χ0n) is 17.7. The van der Waals surface area contributed by atoms with Gasteiger partial charge in [0.15, 0.2) is 0 Å². The number of para-hydroxylation sites is 2. The van der Waals surface area contributed by atoms with Crippen LogP contribution in [0.25, 0.3) is 0 Å². The van der Waals surface area contributed by atoms with Gasteiger partial charge in [0.05, 0.1) is 18.7 Å². The van der Waals surface area contributed by atoms with E-state index in [1.807, 2.05) is 25.1 Å². The summed E-state index contributed by atoms with van der Waals surface area (Å²) in [5, 5.41) is 0. The van der Waals surface area contributed by atoms with Gasteiger partial charge in [-0.2, -0.15) is 0 Å². The topological polar surface area (TPSA) is 53.1 Å². The number of carbonyl (C=O) groups excluding carboxylic acids is 2. The molecule has 1 aromatic carbocycles. The van der Waals surface area contributed by atoms with Gasteiger partial charge < -0.3 is 9.64 Å². The Morgan fingerprint density at radius 3 is 2.41 bits per heavy atom. The van der Waals surface area contributed by atoms with E-state index in [-0.39, 0.29) is 23.7 Å². The molecule has 3 fully saturated rings. The highest BCUT2D eigenvalue weighted by Gasteiger charge is 2.46. The minimum Gasteiger partial charge on any atom is -0.495 e. The second-order valence-electron chi connectivity index (χ2n) is 8.76. The number of anilines is 1. The van der Waals surface area contributed by atoms with E-state index in [1.165, 1.54) is 12.8 Å². The first-order chi connectivity index (χ1) is 14.1. The minimum absolute atomic E-state index is 0.0432. The summed E-state index contributed by atoms with van der Waals surface area (Å²) in [5.74, 6) is 1.52. The number of amides is 2. The van der Waals surface area contributed by atoms with Crippen LogP contribution >= 0.6 is 0 Å². The van der Waals surface area contributed by atoms with Crippen LogP contribution in [-0.2, 0) is 9.59 Å². The molecule has 0 aromatic heterocycles. The molecular weight excluding hydrogens is 366 g/mol. The van der Waals surface area contributed by atoms with Crippen molar-refractivity contribution in [1.82, 2.24) is 9.80 Å². The molecule has 3 aliphatic rings. The maximum absolute atomic E-state index is 12.7. The maximum atomic E-state index is 12.7. The number of piperazine rings is 1. The molecule has 6 heteroatoms. The number of hydrogen-bond acceptors (Lipinski definition) is 5. The highest BCUT2D eigenvalue weighted by molar-refractivity contribution is 6.04. The van der Waals surface area contributed by atoms with Crippen molar-refractivity contribution in [3.8, 4) is 5.75 Å². The average molecular weight is 400 g/mol. The number of methoxy groups -OCH3 is 1. The standard InChI is InChI=1S/C23H33N3O3/c1-17-19(16-18-8-9-18)23(28)26(22(17)27)11-5-10-24-12-14-25(15-13-24)20-6-3-4-7-21(20)29-2/h3-4,6-7,17-19H,5,8-16H2,1-2H3. The number of benzene rings is 1. The van der Waals surface area contributed by atoms with Crippen molar-refractivity contribution in [2.24, 2.45) is 17.8 Å². The number of hydrogen-bond donors (Lipinski definition) is 0. The van der Waals surface area contributed by atoms with Crippen molar-refractivity contribution in [1.29, 1.82) is 0 Å². The highest BCUT2D eigenvalue weighted by Crippen LogP contribution is 2.40. The molecule has 0 N–H and O–H groups in total. The maximum Gasteiger partial charge on any atom is 0.233 e. The van der Waals surface area contributed by atoms with Gasteiger partial charge in [-0.1, -0.05) is 31.9 Å². The van der Waals surface area contributed by atoms with E-state index in [9.17, 15) is 9.59 Å². The third-order valence-electron chi connectivity index (χ3n) is 6.78. The quantitative estimate of drug-likeness (QED) is 0.629. The van der Waals surface area contributed by atoms with Crippen molar-refractivity contribution in [3.05, 3.63) is 24.3 Å². The number of nitrogens with zero attached hydrogens (tertiary/aromatic N) is 3. The number of imide groups is 1. The lowest BCUT2D eigenvalue weighted by Gasteiger charge is -2.36. The second kappa shape index (κ2) is 8.74. The van der Waals surface area contributed by atoms with Crippen molar-refractivity contribution in [2.45, 2.75) is 32.6 Å². The molecule has 1 saturated carbocycles. The lowest BCUT2D eigenvalue weighted by atomic mass is 9.91. The van der Waals surface area contributed by atoms with Crippen molar-refractivity contribution >= 4 is 17.5 Å². The number of carbonyl (C=O) groups is 2. The van der Waals surface area contributed by atoms with Gasteiger partial charge in [-0.05, 0) is 37.4 Å². The van der Waals surface area contributed by atoms with Gasteiger partial charge in [0.2, 0.25) is 11.8 Å². The van der Waals surface area contributed by atoms with Crippen molar-refractivity contribution in [2.75, 3.05) is 51.3 Å². The molecule has 0 spiro atoms. The van der Waals surface area contributed by atoms with Gasteiger partial charge in [-0.15, -0.1) is 0 Å². The highest BCUT2D eigenvalue weighted by atomic mass is 16.5. The van der Waals surface area contributed by atoms with E-state index in [2.05, 4.69) is 15.9 Å². The molecule has 6 nitrogen and oxygen atoms in total. The molecule has 0 bridgehead atoms. The monoisotopic (exact) mass is 399 g/mol. The third-order valence-corrected chi connectivity index (χ3v) is 6.78. The van der Waals surface area contributed by atoms with Gasteiger partial charge in [0.1, 0.15) is 5.75 Å². The SMILES string of the molecule is COc1ccccc1N1CCN(CCCN2C(=O)C(C)C(CC3CC3)C2=O)CC1. The van der Waals surface area contributed by atoms with E-state index >= 15 is 0 Å². The first kappa shape index (κ1) is 20.2. The largest absolute Gasteiger partial charge is 0.495 e. The summed E-state index contributed by atoms with van der Waals surface area (Å²) >= 11 is 0. The Morgan fingerprint density at radius 2 is 1.72 bits per heavy atom. The fourth-order valence-corrected chi connectivity index (χ4v) is 4.73. The van der Waals surface area contributed by atoms with Gasteiger partial charge >= 0.3 is 0 Å². The normalized spacial score (nSPS) is 25.7. The Hall–Kier alpha value is -2.08. The molecule has 2 atom stereocenters. The molecule has 1 aromatic rings. The molecule has 1 aliphatic carbocycles. The summed E-state index contributed by atoms with van der Waals surface area (Å²) in [6, 6.07) is 8.16. The average Bonchev–Trinajstić information content (AvgIpc) is 3.55. The first-order valence-electron chi connectivity index (χ1n) is 11.0. The zero-order valence-corrected chi connectivity index (χ0v) is 17.7. The Morgan fingerprint density at radius 1 is 1.00 bits per heavy atom. The van der Waals surface area contributed by atoms with Crippen molar-refractivity contribution < 1.29 is 14.3 Å². The van der Waals surface area contributed by atoms with Crippen LogP contribution in [0.3, 0.4) is 0 Å².